The second-order valence-electron chi connectivity index (χ2n) is 3.04. The molecule has 0 saturated carbocycles. The summed E-state index contributed by atoms with van der Waals surface area (Å²) in [7, 11) is -4.16. The van der Waals surface area contributed by atoms with Crippen LogP contribution in [0, 0.1) is 0 Å². The summed E-state index contributed by atoms with van der Waals surface area (Å²) >= 11 is 0. The van der Waals surface area contributed by atoms with Crippen molar-refractivity contribution in [3.05, 3.63) is 42.5 Å². The Balaban J connectivity index is 2.85. The molecule has 2 rings (SSSR count). The van der Waals surface area contributed by atoms with Crippen molar-refractivity contribution in [3.8, 4) is 0 Å². The predicted molar refractivity (Wildman–Crippen MR) is 55.6 cm³/mol. The van der Waals surface area contributed by atoms with E-state index in [1.54, 1.807) is 18.2 Å². The Morgan fingerprint density at radius 3 is 2.29 bits per heavy atom. The molecule has 2 aromatic carbocycles. The van der Waals surface area contributed by atoms with Crippen LogP contribution in [-0.4, -0.2) is 9.79 Å². The molecule has 0 aromatic heterocycles. The lowest BCUT2D eigenvalue weighted by atomic mass is 10.1. The third-order valence-electron chi connectivity index (χ3n) is 2.08. The molecule has 72 valence electrons. The van der Waals surface area contributed by atoms with Crippen LogP contribution in [0.15, 0.2) is 42.5 Å². The fourth-order valence-corrected chi connectivity index (χ4v) is 2.26. The molecule has 0 aliphatic heterocycles. The van der Waals surface area contributed by atoms with Crippen LogP contribution in [0.5, 0.6) is 0 Å². The van der Waals surface area contributed by atoms with Crippen LogP contribution in [0.25, 0.3) is 10.8 Å². The van der Waals surface area contributed by atoms with Crippen LogP contribution in [0.2, 0.25) is 0 Å². The Morgan fingerprint density at radius 2 is 1.57 bits per heavy atom. The van der Waals surface area contributed by atoms with Crippen LogP contribution in [0.3, 0.4) is 0 Å². The minimum Gasteiger partial charge on any atom is -0.321 e. The van der Waals surface area contributed by atoms with Crippen molar-refractivity contribution in [2.24, 2.45) is 0 Å². The molecule has 3 nitrogen and oxygen atoms in total. The third-order valence-corrected chi connectivity index (χ3v) is 3.10. The average molecular weight is 208 g/mol. The van der Waals surface area contributed by atoms with Crippen molar-refractivity contribution in [2.45, 2.75) is 0 Å². The van der Waals surface area contributed by atoms with Gasteiger partial charge in [-0.25, -0.2) is 0 Å². The number of fused-ring (bicyclic) bond motifs is 1. The van der Waals surface area contributed by atoms with Crippen molar-refractivity contribution in [2.75, 3.05) is 0 Å². The largest absolute Gasteiger partial charge is 0.356 e. The Hall–Kier alpha value is -1.15. The van der Waals surface area contributed by atoms with Crippen molar-refractivity contribution in [3.63, 3.8) is 0 Å². The van der Waals surface area contributed by atoms with E-state index < -0.39 is 7.60 Å². The van der Waals surface area contributed by atoms with Crippen LogP contribution >= 0.6 is 7.60 Å². The van der Waals surface area contributed by atoms with Gasteiger partial charge in [-0.2, -0.15) is 0 Å². The van der Waals surface area contributed by atoms with Gasteiger partial charge in [0.1, 0.15) is 0 Å². The molecular formula is C10H9O3P. The van der Waals surface area contributed by atoms with Gasteiger partial charge in [-0.15, -0.1) is 0 Å². The maximum absolute atomic E-state index is 11.1. The summed E-state index contributed by atoms with van der Waals surface area (Å²) in [5.74, 6) is 0. The highest BCUT2D eigenvalue weighted by molar-refractivity contribution is 7.60. The number of hydrogen-bond donors (Lipinski definition) is 2. The van der Waals surface area contributed by atoms with Gasteiger partial charge in [-0.05, 0) is 16.8 Å². The molecule has 0 unspecified atom stereocenters. The van der Waals surface area contributed by atoms with E-state index in [-0.39, 0.29) is 5.30 Å². The molecule has 0 amide bonds. The normalized spacial score (nSPS) is 11.9. The first-order chi connectivity index (χ1) is 6.59. The van der Waals surface area contributed by atoms with Gasteiger partial charge in [0, 0.05) is 0 Å². The Kier molecular flexibility index (Phi) is 2.16. The minimum atomic E-state index is -4.16. The quantitative estimate of drug-likeness (QED) is 0.700. The molecule has 2 aromatic rings. The molecule has 2 N–H and O–H groups in total. The van der Waals surface area contributed by atoms with Crippen molar-refractivity contribution in [1.29, 1.82) is 0 Å². The van der Waals surface area contributed by atoms with E-state index in [9.17, 15) is 4.57 Å². The Bertz CT molecular complexity index is 510. The summed E-state index contributed by atoms with van der Waals surface area (Å²) in [6.45, 7) is 0. The molecule has 14 heavy (non-hydrogen) atoms. The van der Waals surface area contributed by atoms with Crippen LogP contribution in [0.1, 0.15) is 0 Å². The first-order valence-corrected chi connectivity index (χ1v) is 5.74. The van der Waals surface area contributed by atoms with Gasteiger partial charge in [0.05, 0.1) is 5.30 Å². The summed E-state index contributed by atoms with van der Waals surface area (Å²) in [4.78, 5) is 18.2. The predicted octanol–water partition coefficient (Wildman–Crippen LogP) is 1.64. The highest BCUT2D eigenvalue weighted by Gasteiger charge is 2.19. The first kappa shape index (κ1) is 9.41. The van der Waals surface area contributed by atoms with Crippen molar-refractivity contribution < 1.29 is 14.4 Å². The first-order valence-electron chi connectivity index (χ1n) is 4.13. The summed E-state index contributed by atoms with van der Waals surface area (Å²) < 4.78 is 11.1. The van der Waals surface area contributed by atoms with E-state index in [1.807, 2.05) is 18.2 Å². The lowest BCUT2D eigenvalue weighted by Crippen LogP contribution is -2.04. The van der Waals surface area contributed by atoms with Crippen LogP contribution < -0.4 is 5.30 Å². The highest BCUT2D eigenvalue weighted by atomic mass is 31.2. The van der Waals surface area contributed by atoms with E-state index in [0.717, 1.165) is 5.39 Å². The fourth-order valence-electron chi connectivity index (χ4n) is 1.46. The topological polar surface area (TPSA) is 57.5 Å². The lowest BCUT2D eigenvalue weighted by molar-refractivity contribution is 0.388. The smallest absolute Gasteiger partial charge is 0.321 e. The van der Waals surface area contributed by atoms with E-state index in [1.165, 1.54) is 6.07 Å². The molecule has 0 bridgehead atoms. The summed E-state index contributed by atoms with van der Waals surface area (Å²) in [6.07, 6.45) is 0. The zero-order valence-electron chi connectivity index (χ0n) is 7.29. The van der Waals surface area contributed by atoms with Crippen molar-refractivity contribution in [1.82, 2.24) is 0 Å². The van der Waals surface area contributed by atoms with E-state index in [2.05, 4.69) is 0 Å². The number of benzene rings is 2. The monoisotopic (exact) mass is 208 g/mol. The molecule has 0 fully saturated rings. The molecule has 0 atom stereocenters. The number of hydrogen-bond acceptors (Lipinski definition) is 1. The van der Waals surface area contributed by atoms with Gasteiger partial charge in [0.2, 0.25) is 0 Å². The van der Waals surface area contributed by atoms with E-state index >= 15 is 0 Å². The maximum Gasteiger partial charge on any atom is 0.356 e. The molecule has 0 spiro atoms. The molecule has 0 aliphatic rings. The molecule has 0 radical (unpaired) electrons. The zero-order valence-corrected chi connectivity index (χ0v) is 8.19. The number of rotatable bonds is 1. The summed E-state index contributed by atoms with van der Waals surface area (Å²) in [6, 6.07) is 12.1. The Morgan fingerprint density at radius 1 is 0.929 bits per heavy atom. The van der Waals surface area contributed by atoms with Gasteiger partial charge >= 0.3 is 7.60 Å². The SMILES string of the molecule is O=P(O)(O)c1cccc2ccccc12. The molecule has 0 aliphatic carbocycles. The third kappa shape index (κ3) is 1.58. The molecular weight excluding hydrogens is 199 g/mol. The standard InChI is InChI=1S/C10H9O3P/c11-14(12,13)10-7-3-5-8-4-1-2-6-9(8)10/h1-7H,(H2,11,12,13). The van der Waals surface area contributed by atoms with Crippen molar-refractivity contribution >= 4 is 23.7 Å². The zero-order chi connectivity index (χ0) is 10.2. The van der Waals surface area contributed by atoms with Gasteiger partial charge < -0.3 is 9.79 Å². The average Bonchev–Trinajstić information content (AvgIpc) is 2.15. The molecule has 0 saturated heterocycles. The van der Waals surface area contributed by atoms with E-state index in [4.69, 9.17) is 9.79 Å². The fraction of sp³-hybridized carbons (Fsp3) is 0. The van der Waals surface area contributed by atoms with Crippen LogP contribution in [0.4, 0.5) is 0 Å². The summed E-state index contributed by atoms with van der Waals surface area (Å²) in [5, 5.41) is 1.55. The molecule has 0 heterocycles. The van der Waals surface area contributed by atoms with E-state index in [0.29, 0.717) is 5.39 Å². The summed E-state index contributed by atoms with van der Waals surface area (Å²) in [5.41, 5.74) is 0. The Labute approximate surface area is 81.2 Å². The maximum atomic E-state index is 11.1. The van der Waals surface area contributed by atoms with Gasteiger partial charge in [-0.3, -0.25) is 4.57 Å². The second-order valence-corrected chi connectivity index (χ2v) is 4.61. The van der Waals surface area contributed by atoms with Crippen LogP contribution in [-0.2, 0) is 4.57 Å². The highest BCUT2D eigenvalue weighted by Crippen LogP contribution is 2.36. The van der Waals surface area contributed by atoms with Gasteiger partial charge in [-0.1, -0.05) is 36.4 Å². The molecule has 4 heteroatoms. The second kappa shape index (κ2) is 3.21. The van der Waals surface area contributed by atoms with Gasteiger partial charge in [0.15, 0.2) is 0 Å². The van der Waals surface area contributed by atoms with Gasteiger partial charge in [0.25, 0.3) is 0 Å². The lowest BCUT2D eigenvalue weighted by Gasteiger charge is -2.07. The minimum absolute atomic E-state index is 0.0931.